The second-order valence-corrected chi connectivity index (χ2v) is 5.75. The highest BCUT2D eigenvalue weighted by Crippen LogP contribution is 2.32. The molecule has 1 fully saturated rings. The van der Waals surface area contributed by atoms with Gasteiger partial charge in [-0.05, 0) is 26.2 Å². The zero-order chi connectivity index (χ0) is 14.6. The number of aliphatic hydroxyl groups is 1. The molecule has 1 aromatic rings. The maximum atomic E-state index is 9.80. The van der Waals surface area contributed by atoms with Crippen LogP contribution in [0.3, 0.4) is 0 Å². The topological polar surface area (TPSA) is 58.5 Å². The fourth-order valence-electron chi connectivity index (χ4n) is 2.81. The second-order valence-electron chi connectivity index (χ2n) is 5.75. The third kappa shape index (κ3) is 3.27. The van der Waals surface area contributed by atoms with E-state index in [1.165, 1.54) is 0 Å². The second kappa shape index (κ2) is 6.50. The highest BCUT2D eigenvalue weighted by atomic mass is 16.5. The van der Waals surface area contributed by atoms with Crippen molar-refractivity contribution in [3.8, 4) is 0 Å². The van der Waals surface area contributed by atoms with Crippen molar-refractivity contribution in [1.82, 2.24) is 9.97 Å². The highest BCUT2D eigenvalue weighted by molar-refractivity contribution is 5.45. The van der Waals surface area contributed by atoms with Crippen LogP contribution in [0.1, 0.15) is 31.2 Å². The summed E-state index contributed by atoms with van der Waals surface area (Å²) in [6, 6.07) is 0. The standard InChI is InChI=1S/C15H25N3O2/c1-4-13-9-16-12(2)17-14(13)18(3)10-15(11-19)5-7-20-8-6-15/h9,19H,4-8,10-11H2,1-3H3. The molecular formula is C15H25N3O2. The molecule has 0 radical (unpaired) electrons. The molecule has 0 saturated carbocycles. The third-order valence-corrected chi connectivity index (χ3v) is 4.17. The normalized spacial score (nSPS) is 18.0. The van der Waals surface area contributed by atoms with Crippen LogP contribution in [0.15, 0.2) is 6.20 Å². The van der Waals surface area contributed by atoms with E-state index in [9.17, 15) is 5.11 Å². The summed E-state index contributed by atoms with van der Waals surface area (Å²) in [6.45, 7) is 6.49. The molecule has 0 aliphatic carbocycles. The van der Waals surface area contributed by atoms with E-state index in [-0.39, 0.29) is 12.0 Å². The fraction of sp³-hybridized carbons (Fsp3) is 0.733. The predicted molar refractivity (Wildman–Crippen MR) is 79.0 cm³/mol. The number of nitrogens with zero attached hydrogens (tertiary/aromatic N) is 3. The van der Waals surface area contributed by atoms with Crippen molar-refractivity contribution in [3.05, 3.63) is 17.6 Å². The molecule has 1 aliphatic rings. The van der Waals surface area contributed by atoms with Gasteiger partial charge in [0.15, 0.2) is 0 Å². The summed E-state index contributed by atoms with van der Waals surface area (Å²) in [4.78, 5) is 11.0. The predicted octanol–water partition coefficient (Wildman–Crippen LogP) is 1.57. The molecule has 1 saturated heterocycles. The molecule has 2 rings (SSSR count). The number of rotatable bonds is 5. The van der Waals surface area contributed by atoms with Crippen molar-refractivity contribution in [2.75, 3.05) is 38.3 Å². The van der Waals surface area contributed by atoms with E-state index in [1.807, 2.05) is 20.2 Å². The van der Waals surface area contributed by atoms with E-state index < -0.39 is 0 Å². The Morgan fingerprint density at radius 3 is 2.70 bits per heavy atom. The summed E-state index contributed by atoms with van der Waals surface area (Å²) in [7, 11) is 2.05. The minimum Gasteiger partial charge on any atom is -0.396 e. The first-order valence-corrected chi connectivity index (χ1v) is 7.32. The van der Waals surface area contributed by atoms with Gasteiger partial charge in [-0.2, -0.15) is 0 Å². The third-order valence-electron chi connectivity index (χ3n) is 4.17. The van der Waals surface area contributed by atoms with Crippen molar-refractivity contribution in [2.45, 2.75) is 33.1 Å². The molecule has 2 heterocycles. The van der Waals surface area contributed by atoms with Crippen LogP contribution in [-0.4, -0.2) is 48.5 Å². The van der Waals surface area contributed by atoms with E-state index in [1.54, 1.807) is 0 Å². The number of anilines is 1. The van der Waals surface area contributed by atoms with Crippen LogP contribution in [-0.2, 0) is 11.2 Å². The number of hydrogen-bond donors (Lipinski definition) is 1. The maximum absolute atomic E-state index is 9.80. The average Bonchev–Trinajstić information content (AvgIpc) is 2.48. The first-order valence-electron chi connectivity index (χ1n) is 7.32. The summed E-state index contributed by atoms with van der Waals surface area (Å²) in [5.41, 5.74) is 1.08. The quantitative estimate of drug-likeness (QED) is 0.886. The monoisotopic (exact) mass is 279 g/mol. The van der Waals surface area contributed by atoms with E-state index in [4.69, 9.17) is 4.74 Å². The molecule has 0 amide bonds. The summed E-state index contributed by atoms with van der Waals surface area (Å²) in [6.07, 6.45) is 4.62. The molecule has 0 aromatic carbocycles. The molecule has 0 atom stereocenters. The minimum absolute atomic E-state index is 0.0726. The average molecular weight is 279 g/mol. The minimum atomic E-state index is -0.0726. The van der Waals surface area contributed by atoms with Crippen LogP contribution in [0.2, 0.25) is 0 Å². The number of aromatic nitrogens is 2. The Balaban J connectivity index is 2.18. The van der Waals surface area contributed by atoms with Gasteiger partial charge >= 0.3 is 0 Å². The summed E-state index contributed by atoms with van der Waals surface area (Å²) < 4.78 is 5.42. The maximum Gasteiger partial charge on any atom is 0.135 e. The van der Waals surface area contributed by atoms with Gasteiger partial charge in [0.1, 0.15) is 11.6 Å². The van der Waals surface area contributed by atoms with Gasteiger partial charge in [0.2, 0.25) is 0 Å². The lowest BCUT2D eigenvalue weighted by atomic mass is 9.80. The Morgan fingerprint density at radius 1 is 1.40 bits per heavy atom. The Kier molecular flexibility index (Phi) is 4.94. The largest absolute Gasteiger partial charge is 0.396 e. The van der Waals surface area contributed by atoms with E-state index in [0.29, 0.717) is 0 Å². The van der Waals surface area contributed by atoms with E-state index in [0.717, 1.165) is 56.2 Å². The Labute approximate surface area is 121 Å². The molecule has 20 heavy (non-hydrogen) atoms. The summed E-state index contributed by atoms with van der Waals surface area (Å²) in [5, 5.41) is 9.80. The molecule has 5 heteroatoms. The molecule has 1 aromatic heterocycles. The number of aryl methyl sites for hydroxylation is 2. The van der Waals surface area contributed by atoms with Crippen LogP contribution in [0.25, 0.3) is 0 Å². The van der Waals surface area contributed by atoms with Crippen LogP contribution < -0.4 is 4.90 Å². The SMILES string of the molecule is CCc1cnc(C)nc1N(C)CC1(CO)CCOCC1. The van der Waals surface area contributed by atoms with Gasteiger partial charge < -0.3 is 14.7 Å². The Hall–Kier alpha value is -1.20. The lowest BCUT2D eigenvalue weighted by Crippen LogP contribution is -2.43. The Bertz CT molecular complexity index is 445. The van der Waals surface area contributed by atoms with Gasteiger partial charge in [-0.15, -0.1) is 0 Å². The van der Waals surface area contributed by atoms with E-state index >= 15 is 0 Å². The number of hydrogen-bond acceptors (Lipinski definition) is 5. The smallest absolute Gasteiger partial charge is 0.135 e. The van der Waals surface area contributed by atoms with Crippen LogP contribution in [0.4, 0.5) is 5.82 Å². The molecule has 5 nitrogen and oxygen atoms in total. The molecule has 112 valence electrons. The van der Waals surface area contributed by atoms with Crippen molar-refractivity contribution >= 4 is 5.82 Å². The first kappa shape index (κ1) is 15.2. The Morgan fingerprint density at radius 2 is 2.10 bits per heavy atom. The number of ether oxygens (including phenoxy) is 1. The molecular weight excluding hydrogens is 254 g/mol. The van der Waals surface area contributed by atoms with Gasteiger partial charge in [0.05, 0.1) is 6.61 Å². The first-order chi connectivity index (χ1) is 9.60. The van der Waals surface area contributed by atoms with Crippen LogP contribution in [0, 0.1) is 12.3 Å². The molecule has 0 unspecified atom stereocenters. The fourth-order valence-corrected chi connectivity index (χ4v) is 2.81. The number of aliphatic hydroxyl groups excluding tert-OH is 1. The van der Waals surface area contributed by atoms with Crippen molar-refractivity contribution in [1.29, 1.82) is 0 Å². The molecule has 1 aliphatic heterocycles. The van der Waals surface area contributed by atoms with Crippen LogP contribution in [0.5, 0.6) is 0 Å². The van der Waals surface area contributed by atoms with Gasteiger partial charge in [0.25, 0.3) is 0 Å². The van der Waals surface area contributed by atoms with Gasteiger partial charge in [-0.1, -0.05) is 6.92 Å². The zero-order valence-corrected chi connectivity index (χ0v) is 12.7. The summed E-state index contributed by atoms with van der Waals surface area (Å²) >= 11 is 0. The molecule has 0 spiro atoms. The van der Waals surface area contributed by atoms with Crippen molar-refractivity contribution < 1.29 is 9.84 Å². The lowest BCUT2D eigenvalue weighted by molar-refractivity contribution is -0.0113. The highest BCUT2D eigenvalue weighted by Gasteiger charge is 2.33. The molecule has 0 bridgehead atoms. The molecule has 1 N–H and O–H groups in total. The van der Waals surface area contributed by atoms with Gasteiger partial charge in [-0.25, -0.2) is 9.97 Å². The summed E-state index contributed by atoms with van der Waals surface area (Å²) in [5.74, 6) is 1.77. The van der Waals surface area contributed by atoms with Crippen LogP contribution >= 0.6 is 0 Å². The van der Waals surface area contributed by atoms with Crippen molar-refractivity contribution in [2.24, 2.45) is 5.41 Å². The van der Waals surface area contributed by atoms with Crippen molar-refractivity contribution in [3.63, 3.8) is 0 Å². The zero-order valence-electron chi connectivity index (χ0n) is 12.7. The van der Waals surface area contributed by atoms with Gasteiger partial charge in [-0.3, -0.25) is 0 Å². The van der Waals surface area contributed by atoms with Gasteiger partial charge in [0, 0.05) is 44.0 Å². The lowest BCUT2D eigenvalue weighted by Gasteiger charge is -2.39. The van der Waals surface area contributed by atoms with E-state index in [2.05, 4.69) is 21.8 Å².